The molecule has 88 valence electrons. The second-order valence-electron chi connectivity index (χ2n) is 2.54. The number of methoxy groups -OCH3 is 1. The minimum Gasteiger partial charge on any atom is -0.481 e. The topological polar surface area (TPSA) is 72.8 Å². The number of ether oxygens (including phenoxy) is 2. The van der Waals surface area contributed by atoms with Crippen LogP contribution in [0.1, 0.15) is 0 Å². The molecular formula is C7H9F3O5. The first-order valence-corrected chi connectivity index (χ1v) is 3.73. The number of carbonyl (C=O) groups is 2. The SMILES string of the molecule is COC(=O)C(COCC(F)(F)F)C(=O)O. The van der Waals surface area contributed by atoms with Crippen molar-refractivity contribution in [3.05, 3.63) is 0 Å². The number of aliphatic carboxylic acids is 1. The van der Waals surface area contributed by atoms with Crippen molar-refractivity contribution in [1.82, 2.24) is 0 Å². The van der Waals surface area contributed by atoms with Crippen molar-refractivity contribution >= 4 is 11.9 Å². The summed E-state index contributed by atoms with van der Waals surface area (Å²) in [4.78, 5) is 21.1. The van der Waals surface area contributed by atoms with Crippen LogP contribution in [-0.2, 0) is 19.1 Å². The Hall–Kier alpha value is -1.31. The van der Waals surface area contributed by atoms with Crippen LogP contribution in [0.3, 0.4) is 0 Å². The van der Waals surface area contributed by atoms with Crippen molar-refractivity contribution in [3.8, 4) is 0 Å². The molecule has 0 aromatic rings. The van der Waals surface area contributed by atoms with Crippen molar-refractivity contribution in [2.24, 2.45) is 5.92 Å². The number of alkyl halides is 3. The number of hydrogen-bond donors (Lipinski definition) is 1. The molecule has 0 spiro atoms. The van der Waals surface area contributed by atoms with Crippen molar-refractivity contribution < 1.29 is 37.3 Å². The Balaban J connectivity index is 4.09. The fraction of sp³-hybridized carbons (Fsp3) is 0.714. The molecule has 0 saturated carbocycles. The lowest BCUT2D eigenvalue weighted by Gasteiger charge is -2.11. The summed E-state index contributed by atoms with van der Waals surface area (Å²) in [5, 5.41) is 8.44. The van der Waals surface area contributed by atoms with E-state index >= 15 is 0 Å². The Kier molecular flexibility index (Phi) is 5.06. The lowest BCUT2D eigenvalue weighted by molar-refractivity contribution is -0.184. The molecule has 0 saturated heterocycles. The van der Waals surface area contributed by atoms with E-state index in [0.717, 1.165) is 7.11 Å². The van der Waals surface area contributed by atoms with Gasteiger partial charge in [-0.2, -0.15) is 13.2 Å². The van der Waals surface area contributed by atoms with E-state index in [1.807, 2.05) is 0 Å². The highest BCUT2D eigenvalue weighted by Gasteiger charge is 2.32. The molecule has 0 aliphatic heterocycles. The predicted molar refractivity (Wildman–Crippen MR) is 40.0 cm³/mol. The Morgan fingerprint density at radius 2 is 1.93 bits per heavy atom. The first-order chi connectivity index (χ1) is 6.78. The molecule has 0 bridgehead atoms. The van der Waals surface area contributed by atoms with Gasteiger partial charge >= 0.3 is 18.1 Å². The molecule has 0 rings (SSSR count). The molecule has 0 heterocycles. The molecule has 0 aromatic heterocycles. The molecular weight excluding hydrogens is 221 g/mol. The third-order valence-corrected chi connectivity index (χ3v) is 1.33. The molecule has 1 N–H and O–H groups in total. The summed E-state index contributed by atoms with van der Waals surface area (Å²) >= 11 is 0. The van der Waals surface area contributed by atoms with Crippen LogP contribution in [0.4, 0.5) is 13.2 Å². The molecule has 8 heteroatoms. The second-order valence-corrected chi connectivity index (χ2v) is 2.54. The summed E-state index contributed by atoms with van der Waals surface area (Å²) in [5.41, 5.74) is 0. The van der Waals surface area contributed by atoms with Gasteiger partial charge in [0.2, 0.25) is 0 Å². The average Bonchev–Trinajstić information content (AvgIpc) is 2.09. The van der Waals surface area contributed by atoms with Gasteiger partial charge in [-0.3, -0.25) is 9.59 Å². The van der Waals surface area contributed by atoms with E-state index in [2.05, 4.69) is 9.47 Å². The van der Waals surface area contributed by atoms with Gasteiger partial charge in [-0.25, -0.2) is 0 Å². The summed E-state index contributed by atoms with van der Waals surface area (Å²) in [6.45, 7) is -2.48. The fourth-order valence-corrected chi connectivity index (χ4v) is 0.675. The van der Waals surface area contributed by atoms with Gasteiger partial charge in [-0.15, -0.1) is 0 Å². The van der Waals surface area contributed by atoms with E-state index in [0.29, 0.717) is 0 Å². The summed E-state index contributed by atoms with van der Waals surface area (Å²) < 4.78 is 42.9. The van der Waals surface area contributed by atoms with Crippen LogP contribution in [0.15, 0.2) is 0 Å². The molecule has 0 amide bonds. The largest absolute Gasteiger partial charge is 0.481 e. The highest BCUT2D eigenvalue weighted by molar-refractivity contribution is 5.93. The van der Waals surface area contributed by atoms with E-state index in [-0.39, 0.29) is 0 Å². The molecule has 0 aliphatic carbocycles. The van der Waals surface area contributed by atoms with Crippen molar-refractivity contribution in [1.29, 1.82) is 0 Å². The number of carbonyl (C=O) groups excluding carboxylic acids is 1. The lowest BCUT2D eigenvalue weighted by Crippen LogP contribution is -2.31. The summed E-state index contributed by atoms with van der Waals surface area (Å²) in [5.74, 6) is -4.48. The molecule has 15 heavy (non-hydrogen) atoms. The molecule has 0 aromatic carbocycles. The Bertz CT molecular complexity index is 237. The van der Waals surface area contributed by atoms with Crippen LogP contribution in [0, 0.1) is 5.92 Å². The minimum absolute atomic E-state index is 0.873. The first kappa shape index (κ1) is 13.7. The summed E-state index contributed by atoms with van der Waals surface area (Å²) in [6.07, 6.45) is -4.56. The minimum atomic E-state index is -4.56. The molecule has 0 aliphatic rings. The average molecular weight is 230 g/mol. The number of halogens is 3. The third-order valence-electron chi connectivity index (χ3n) is 1.33. The normalized spacial score (nSPS) is 13.3. The zero-order chi connectivity index (χ0) is 12.1. The molecule has 5 nitrogen and oxygen atoms in total. The van der Waals surface area contributed by atoms with Crippen LogP contribution in [-0.4, -0.2) is 43.5 Å². The molecule has 1 atom stereocenters. The monoisotopic (exact) mass is 230 g/mol. The summed E-state index contributed by atoms with van der Waals surface area (Å²) in [6, 6.07) is 0. The van der Waals surface area contributed by atoms with Crippen molar-refractivity contribution in [3.63, 3.8) is 0 Å². The van der Waals surface area contributed by atoms with E-state index in [9.17, 15) is 22.8 Å². The summed E-state index contributed by atoms with van der Waals surface area (Å²) in [7, 11) is 0.933. The van der Waals surface area contributed by atoms with Gasteiger partial charge in [-0.05, 0) is 0 Å². The highest BCUT2D eigenvalue weighted by atomic mass is 19.4. The Labute approximate surface area is 82.8 Å². The smallest absolute Gasteiger partial charge is 0.411 e. The van der Waals surface area contributed by atoms with Crippen LogP contribution in [0.25, 0.3) is 0 Å². The third kappa shape index (κ3) is 5.89. The Morgan fingerprint density at radius 1 is 1.40 bits per heavy atom. The molecule has 1 unspecified atom stereocenters. The quantitative estimate of drug-likeness (QED) is 0.548. The number of rotatable bonds is 5. The zero-order valence-electron chi connectivity index (χ0n) is 7.71. The van der Waals surface area contributed by atoms with Crippen LogP contribution >= 0.6 is 0 Å². The fourth-order valence-electron chi connectivity index (χ4n) is 0.675. The number of hydrogen-bond acceptors (Lipinski definition) is 4. The zero-order valence-corrected chi connectivity index (χ0v) is 7.71. The second kappa shape index (κ2) is 5.54. The van der Waals surface area contributed by atoms with E-state index in [4.69, 9.17) is 5.11 Å². The maximum Gasteiger partial charge on any atom is 0.411 e. The number of carboxylic acids is 1. The van der Waals surface area contributed by atoms with Gasteiger partial charge in [0, 0.05) is 0 Å². The standard InChI is InChI=1S/C7H9F3O5/c1-14-6(13)4(5(11)12)2-15-3-7(8,9)10/h4H,2-3H2,1H3,(H,11,12). The first-order valence-electron chi connectivity index (χ1n) is 3.73. The van der Waals surface area contributed by atoms with Crippen LogP contribution in [0.5, 0.6) is 0 Å². The van der Waals surface area contributed by atoms with E-state index in [1.54, 1.807) is 0 Å². The number of carboxylic acid groups (broad SMARTS) is 1. The van der Waals surface area contributed by atoms with E-state index < -0.39 is 37.2 Å². The predicted octanol–water partition coefficient (Wildman–Crippen LogP) is 0.439. The van der Waals surface area contributed by atoms with Gasteiger partial charge in [0.25, 0.3) is 0 Å². The van der Waals surface area contributed by atoms with Gasteiger partial charge in [0.05, 0.1) is 13.7 Å². The van der Waals surface area contributed by atoms with E-state index in [1.165, 1.54) is 0 Å². The van der Waals surface area contributed by atoms with Crippen LogP contribution < -0.4 is 0 Å². The maximum atomic E-state index is 11.6. The van der Waals surface area contributed by atoms with Crippen LogP contribution in [0.2, 0.25) is 0 Å². The molecule has 0 radical (unpaired) electrons. The Morgan fingerprint density at radius 3 is 2.27 bits per heavy atom. The van der Waals surface area contributed by atoms with Gasteiger partial charge in [0.15, 0.2) is 5.92 Å². The molecule has 0 fully saturated rings. The lowest BCUT2D eigenvalue weighted by atomic mass is 10.2. The van der Waals surface area contributed by atoms with Crippen molar-refractivity contribution in [2.45, 2.75) is 6.18 Å². The highest BCUT2D eigenvalue weighted by Crippen LogP contribution is 2.15. The number of esters is 1. The van der Waals surface area contributed by atoms with Gasteiger partial charge < -0.3 is 14.6 Å². The van der Waals surface area contributed by atoms with Gasteiger partial charge in [-0.1, -0.05) is 0 Å². The van der Waals surface area contributed by atoms with Crippen molar-refractivity contribution in [2.75, 3.05) is 20.3 Å². The maximum absolute atomic E-state index is 11.6. The van der Waals surface area contributed by atoms with Gasteiger partial charge in [0.1, 0.15) is 6.61 Å².